The first-order valence-electron chi connectivity index (χ1n) is 9.25. The summed E-state index contributed by atoms with van der Waals surface area (Å²) in [6, 6.07) is 9.59. The van der Waals surface area contributed by atoms with Crippen LogP contribution in [0, 0.1) is 6.92 Å². The molecule has 0 aliphatic carbocycles. The predicted molar refractivity (Wildman–Crippen MR) is 105 cm³/mol. The first kappa shape index (κ1) is 18.6. The highest BCUT2D eigenvalue weighted by atomic mass is 35.5. The molecule has 1 aromatic heterocycles. The van der Waals surface area contributed by atoms with Crippen LogP contribution in [-0.2, 0) is 6.42 Å². The van der Waals surface area contributed by atoms with Crippen molar-refractivity contribution in [1.82, 2.24) is 14.9 Å². The van der Waals surface area contributed by atoms with Crippen LogP contribution >= 0.6 is 11.6 Å². The van der Waals surface area contributed by atoms with Crippen LogP contribution in [0.3, 0.4) is 0 Å². The predicted octanol–water partition coefficient (Wildman–Crippen LogP) is 4.11. The van der Waals surface area contributed by atoms with Gasteiger partial charge in [-0.15, -0.1) is 0 Å². The number of amides is 1. The van der Waals surface area contributed by atoms with Crippen LogP contribution in [0.1, 0.15) is 47.6 Å². The van der Waals surface area contributed by atoms with Crippen LogP contribution in [0.15, 0.2) is 30.3 Å². The van der Waals surface area contributed by atoms with Crippen LogP contribution < -0.4 is 5.32 Å². The molecule has 26 heavy (non-hydrogen) atoms. The lowest BCUT2D eigenvalue weighted by molar-refractivity contribution is 0.0755. The molecule has 1 saturated heterocycles. The maximum atomic E-state index is 12.8. The number of aryl methyl sites for hydroxylation is 1. The monoisotopic (exact) mass is 372 g/mol. The summed E-state index contributed by atoms with van der Waals surface area (Å²) in [4.78, 5) is 23.5. The minimum absolute atomic E-state index is 0.0122. The summed E-state index contributed by atoms with van der Waals surface area (Å²) in [5, 5.41) is 4.04. The lowest BCUT2D eigenvalue weighted by Crippen LogP contribution is -2.32. The van der Waals surface area contributed by atoms with Crippen molar-refractivity contribution >= 4 is 23.3 Å². The molecular weight excluding hydrogens is 348 g/mol. The number of carbonyl (C=O) groups excluding carboxylic acids is 1. The summed E-state index contributed by atoms with van der Waals surface area (Å²) in [5.41, 5.74) is 1.68. The van der Waals surface area contributed by atoms with Crippen LogP contribution in [0.25, 0.3) is 0 Å². The number of rotatable bonds is 5. The number of likely N-dealkylation sites (tertiary alicyclic amines) is 1. The molecule has 5 nitrogen and oxygen atoms in total. The van der Waals surface area contributed by atoms with Crippen molar-refractivity contribution in [3.05, 3.63) is 52.4 Å². The Morgan fingerprint density at radius 1 is 1.12 bits per heavy atom. The van der Waals surface area contributed by atoms with Crippen molar-refractivity contribution in [1.29, 1.82) is 0 Å². The molecule has 0 bridgehead atoms. The zero-order chi connectivity index (χ0) is 18.4. The summed E-state index contributed by atoms with van der Waals surface area (Å²) in [6.45, 7) is 4.20. The van der Waals surface area contributed by atoms with E-state index in [2.05, 4.69) is 15.3 Å². The standard InChI is InChI=1S/C20H25ClN4O/c1-15-23-18(20(26)25-12-4-2-3-5-13-25)14-19(24-15)22-11-10-16-6-8-17(21)9-7-16/h6-9,14H,2-5,10-13H2,1H3,(H,22,23,24). The van der Waals surface area contributed by atoms with E-state index in [9.17, 15) is 4.79 Å². The molecule has 1 N–H and O–H groups in total. The van der Waals surface area contributed by atoms with Gasteiger partial charge in [0.05, 0.1) is 0 Å². The Morgan fingerprint density at radius 3 is 2.50 bits per heavy atom. The molecule has 1 fully saturated rings. The second kappa shape index (κ2) is 8.99. The normalized spacial score (nSPS) is 14.8. The van der Waals surface area contributed by atoms with Crippen LogP contribution in [0.5, 0.6) is 0 Å². The van der Waals surface area contributed by atoms with Crippen LogP contribution in [0.2, 0.25) is 5.02 Å². The number of hydrogen-bond acceptors (Lipinski definition) is 4. The molecule has 2 heterocycles. The van der Waals surface area contributed by atoms with Gasteiger partial charge in [-0.3, -0.25) is 4.79 Å². The molecule has 0 saturated carbocycles. The average molecular weight is 373 g/mol. The minimum atomic E-state index is 0.0122. The van der Waals surface area contributed by atoms with Gasteiger partial charge >= 0.3 is 0 Å². The van der Waals surface area contributed by atoms with Gasteiger partial charge in [0.1, 0.15) is 17.3 Å². The number of hydrogen-bond donors (Lipinski definition) is 1. The Balaban J connectivity index is 1.63. The number of benzene rings is 1. The third-order valence-electron chi connectivity index (χ3n) is 4.58. The molecule has 1 aliphatic heterocycles. The Labute approximate surface area is 159 Å². The Bertz CT molecular complexity index is 740. The molecule has 2 aromatic rings. The second-order valence-electron chi connectivity index (χ2n) is 6.70. The lowest BCUT2D eigenvalue weighted by atomic mass is 10.1. The minimum Gasteiger partial charge on any atom is -0.370 e. The topological polar surface area (TPSA) is 58.1 Å². The number of aromatic nitrogens is 2. The third kappa shape index (κ3) is 5.18. The largest absolute Gasteiger partial charge is 0.370 e. The number of anilines is 1. The molecule has 1 aromatic carbocycles. The summed E-state index contributed by atoms with van der Waals surface area (Å²) in [5.74, 6) is 1.32. The molecule has 6 heteroatoms. The van der Waals surface area contributed by atoms with Gasteiger partial charge in [0.25, 0.3) is 5.91 Å². The van der Waals surface area contributed by atoms with Gasteiger partial charge in [0, 0.05) is 30.7 Å². The van der Waals surface area contributed by atoms with Gasteiger partial charge in [-0.05, 0) is 43.9 Å². The Morgan fingerprint density at radius 2 is 1.81 bits per heavy atom. The first-order valence-corrected chi connectivity index (χ1v) is 9.63. The highest BCUT2D eigenvalue weighted by Gasteiger charge is 2.19. The van der Waals surface area contributed by atoms with Gasteiger partial charge in [0.15, 0.2) is 0 Å². The van der Waals surface area contributed by atoms with Gasteiger partial charge in [0.2, 0.25) is 0 Å². The van der Waals surface area contributed by atoms with Crippen molar-refractivity contribution in [2.45, 2.75) is 39.0 Å². The van der Waals surface area contributed by atoms with Crippen molar-refractivity contribution in [3.63, 3.8) is 0 Å². The van der Waals surface area contributed by atoms with E-state index in [-0.39, 0.29) is 5.91 Å². The number of nitrogens with one attached hydrogen (secondary N) is 1. The van der Waals surface area contributed by atoms with Gasteiger partial charge in [-0.1, -0.05) is 36.6 Å². The molecule has 1 aliphatic rings. The molecule has 0 atom stereocenters. The molecule has 1 amide bonds. The Hall–Kier alpha value is -2.14. The van der Waals surface area contributed by atoms with Crippen molar-refractivity contribution in [3.8, 4) is 0 Å². The van der Waals surface area contributed by atoms with Crippen LogP contribution in [-0.4, -0.2) is 40.4 Å². The quantitative estimate of drug-likeness (QED) is 0.858. The molecule has 3 rings (SSSR count). The van der Waals surface area contributed by atoms with E-state index in [4.69, 9.17) is 11.6 Å². The molecular formula is C20H25ClN4O. The van der Waals surface area contributed by atoms with Crippen molar-refractivity contribution < 1.29 is 4.79 Å². The van der Waals surface area contributed by atoms with E-state index in [1.54, 1.807) is 6.07 Å². The molecule has 138 valence electrons. The fraction of sp³-hybridized carbons (Fsp3) is 0.450. The molecule has 0 radical (unpaired) electrons. The fourth-order valence-corrected chi connectivity index (χ4v) is 3.32. The maximum absolute atomic E-state index is 12.8. The third-order valence-corrected chi connectivity index (χ3v) is 4.84. The smallest absolute Gasteiger partial charge is 0.272 e. The summed E-state index contributed by atoms with van der Waals surface area (Å²) >= 11 is 5.91. The van der Waals surface area contributed by atoms with E-state index >= 15 is 0 Å². The number of carbonyl (C=O) groups is 1. The zero-order valence-electron chi connectivity index (χ0n) is 15.2. The van der Waals surface area contributed by atoms with E-state index in [1.807, 2.05) is 36.1 Å². The highest BCUT2D eigenvalue weighted by Crippen LogP contribution is 2.15. The lowest BCUT2D eigenvalue weighted by Gasteiger charge is -2.20. The molecule has 0 unspecified atom stereocenters. The van der Waals surface area contributed by atoms with E-state index in [1.165, 1.54) is 18.4 Å². The highest BCUT2D eigenvalue weighted by molar-refractivity contribution is 6.30. The summed E-state index contributed by atoms with van der Waals surface area (Å²) in [7, 11) is 0. The number of halogens is 1. The zero-order valence-corrected chi connectivity index (χ0v) is 15.9. The average Bonchev–Trinajstić information content (AvgIpc) is 2.92. The SMILES string of the molecule is Cc1nc(NCCc2ccc(Cl)cc2)cc(C(=O)N2CCCCCC2)n1. The van der Waals surface area contributed by atoms with E-state index in [0.717, 1.165) is 43.9 Å². The Kier molecular flexibility index (Phi) is 6.45. The van der Waals surface area contributed by atoms with Crippen molar-refractivity contribution in [2.75, 3.05) is 25.0 Å². The fourth-order valence-electron chi connectivity index (χ4n) is 3.19. The van der Waals surface area contributed by atoms with Gasteiger partial charge in [-0.2, -0.15) is 0 Å². The van der Waals surface area contributed by atoms with E-state index < -0.39 is 0 Å². The first-order chi connectivity index (χ1) is 12.6. The van der Waals surface area contributed by atoms with Gasteiger partial charge < -0.3 is 10.2 Å². The van der Waals surface area contributed by atoms with Crippen LogP contribution in [0.4, 0.5) is 5.82 Å². The van der Waals surface area contributed by atoms with E-state index in [0.29, 0.717) is 17.3 Å². The second-order valence-corrected chi connectivity index (χ2v) is 7.13. The number of nitrogens with zero attached hydrogens (tertiary/aromatic N) is 3. The molecule has 0 spiro atoms. The van der Waals surface area contributed by atoms with Gasteiger partial charge in [-0.25, -0.2) is 9.97 Å². The summed E-state index contributed by atoms with van der Waals surface area (Å²) in [6.07, 6.45) is 5.40. The maximum Gasteiger partial charge on any atom is 0.272 e. The summed E-state index contributed by atoms with van der Waals surface area (Å²) < 4.78 is 0. The van der Waals surface area contributed by atoms with Crippen molar-refractivity contribution in [2.24, 2.45) is 0 Å².